The average Bonchev–Trinajstić information content (AvgIpc) is 3.25. The molecule has 1 aromatic heterocycles. The number of hydrogen-bond donors (Lipinski definition) is 1. The summed E-state index contributed by atoms with van der Waals surface area (Å²) < 4.78 is 20.7. The Morgan fingerprint density at radius 2 is 2.00 bits per heavy atom. The molecule has 0 radical (unpaired) electrons. The monoisotopic (exact) mass is 342 g/mol. The van der Waals surface area contributed by atoms with Gasteiger partial charge in [-0.25, -0.2) is 13.9 Å². The van der Waals surface area contributed by atoms with Crippen molar-refractivity contribution in [3.63, 3.8) is 0 Å². The van der Waals surface area contributed by atoms with Crippen LogP contribution in [-0.2, 0) is 9.53 Å². The maximum atomic E-state index is 13.3. The molecule has 1 unspecified atom stereocenters. The average molecular weight is 342 g/mol. The summed E-state index contributed by atoms with van der Waals surface area (Å²) in [6.07, 6.45) is 5.38. The molecule has 1 aromatic carbocycles. The molecule has 0 amide bonds. The molecule has 4 rings (SSSR count). The highest BCUT2D eigenvalue weighted by molar-refractivity contribution is 5.92. The zero-order valence-corrected chi connectivity index (χ0v) is 13.9. The molecule has 1 fully saturated rings. The molecule has 2 heterocycles. The molecule has 7 heteroatoms. The highest BCUT2D eigenvalue weighted by Gasteiger charge is 2.35. The lowest BCUT2D eigenvalue weighted by Gasteiger charge is -2.28. The number of carbonyl (C=O) groups is 1. The number of hydrogen-bond acceptors (Lipinski definition) is 5. The number of esters is 1. The van der Waals surface area contributed by atoms with E-state index in [1.54, 1.807) is 16.8 Å². The zero-order valence-electron chi connectivity index (χ0n) is 13.9. The number of aromatic nitrogens is 3. The maximum absolute atomic E-state index is 13.3. The number of carbonyl (C=O) groups excluding carboxylic acids is 1. The molecular weight excluding hydrogens is 323 g/mol. The number of ether oxygens (including phenoxy) is 1. The van der Waals surface area contributed by atoms with Gasteiger partial charge in [0.2, 0.25) is 5.95 Å². The quantitative estimate of drug-likeness (QED) is 0.868. The van der Waals surface area contributed by atoms with E-state index in [1.807, 2.05) is 6.92 Å². The third-order valence-electron chi connectivity index (χ3n) is 4.78. The summed E-state index contributed by atoms with van der Waals surface area (Å²) in [6, 6.07) is 5.58. The van der Waals surface area contributed by atoms with E-state index in [2.05, 4.69) is 15.4 Å². The van der Waals surface area contributed by atoms with Gasteiger partial charge in [-0.3, -0.25) is 0 Å². The number of anilines is 1. The van der Waals surface area contributed by atoms with Crippen LogP contribution in [0, 0.1) is 5.82 Å². The van der Waals surface area contributed by atoms with E-state index in [4.69, 9.17) is 4.74 Å². The summed E-state index contributed by atoms with van der Waals surface area (Å²) in [7, 11) is 0. The van der Waals surface area contributed by atoms with Crippen molar-refractivity contribution in [1.82, 2.24) is 14.8 Å². The molecule has 25 heavy (non-hydrogen) atoms. The molecular formula is C18H19FN4O2. The van der Waals surface area contributed by atoms with Crippen molar-refractivity contribution in [2.24, 2.45) is 0 Å². The molecule has 6 nitrogen and oxygen atoms in total. The van der Waals surface area contributed by atoms with Gasteiger partial charge in [0, 0.05) is 5.70 Å². The third kappa shape index (κ3) is 2.90. The van der Waals surface area contributed by atoms with Gasteiger partial charge in [-0.1, -0.05) is 12.1 Å². The number of nitrogens with zero attached hydrogens (tertiary/aromatic N) is 3. The smallest absolute Gasteiger partial charge is 0.338 e. The number of allylic oxidation sites excluding steroid dienone is 1. The van der Waals surface area contributed by atoms with Gasteiger partial charge in [-0.15, -0.1) is 0 Å². The Kier molecular flexibility index (Phi) is 3.99. The van der Waals surface area contributed by atoms with Crippen LogP contribution in [0.15, 0.2) is 41.9 Å². The first-order valence-corrected chi connectivity index (χ1v) is 8.47. The molecule has 1 aliphatic heterocycles. The fourth-order valence-electron chi connectivity index (χ4n) is 3.53. The summed E-state index contributed by atoms with van der Waals surface area (Å²) >= 11 is 0. The van der Waals surface area contributed by atoms with Gasteiger partial charge in [-0.05, 0) is 50.3 Å². The first-order chi connectivity index (χ1) is 12.1. The third-order valence-corrected chi connectivity index (χ3v) is 4.78. The minimum Gasteiger partial charge on any atom is -0.459 e. The van der Waals surface area contributed by atoms with Crippen molar-refractivity contribution in [2.75, 3.05) is 5.32 Å². The largest absolute Gasteiger partial charge is 0.459 e. The normalized spacial score (nSPS) is 20.3. The Morgan fingerprint density at radius 1 is 1.28 bits per heavy atom. The van der Waals surface area contributed by atoms with Gasteiger partial charge >= 0.3 is 5.97 Å². The lowest BCUT2D eigenvalue weighted by atomic mass is 9.96. The Balaban J connectivity index is 1.73. The van der Waals surface area contributed by atoms with E-state index in [0.29, 0.717) is 17.2 Å². The molecule has 0 bridgehead atoms. The molecule has 0 saturated heterocycles. The summed E-state index contributed by atoms with van der Waals surface area (Å²) in [6.45, 7) is 1.82. The van der Waals surface area contributed by atoms with Gasteiger partial charge in [0.1, 0.15) is 24.3 Å². The van der Waals surface area contributed by atoms with Crippen LogP contribution in [0.25, 0.3) is 0 Å². The van der Waals surface area contributed by atoms with Gasteiger partial charge in [0.05, 0.1) is 5.57 Å². The van der Waals surface area contributed by atoms with Crippen molar-refractivity contribution in [3.8, 4) is 0 Å². The van der Waals surface area contributed by atoms with Gasteiger partial charge in [0.15, 0.2) is 0 Å². The molecule has 1 saturated carbocycles. The Labute approximate surface area is 144 Å². The molecule has 0 spiro atoms. The predicted molar refractivity (Wildman–Crippen MR) is 89.2 cm³/mol. The second-order valence-electron chi connectivity index (χ2n) is 6.46. The summed E-state index contributed by atoms with van der Waals surface area (Å²) in [5.74, 6) is -0.135. The van der Waals surface area contributed by atoms with Crippen LogP contribution in [0.3, 0.4) is 0 Å². The topological polar surface area (TPSA) is 69.0 Å². The summed E-state index contributed by atoms with van der Waals surface area (Å²) in [5, 5.41) is 7.34. The van der Waals surface area contributed by atoms with E-state index < -0.39 is 6.04 Å². The number of nitrogens with one attached hydrogen (secondary N) is 1. The highest BCUT2D eigenvalue weighted by Crippen LogP contribution is 2.36. The SMILES string of the molecule is CC1=C(C(=O)OC2CCCC2)C(c2ccc(F)cc2)n2ncnc2N1. The molecule has 1 aliphatic carbocycles. The van der Waals surface area contributed by atoms with Crippen LogP contribution in [0.4, 0.5) is 10.3 Å². The van der Waals surface area contributed by atoms with Crippen molar-refractivity contribution >= 4 is 11.9 Å². The van der Waals surface area contributed by atoms with Crippen molar-refractivity contribution < 1.29 is 13.9 Å². The second-order valence-corrected chi connectivity index (χ2v) is 6.46. The zero-order chi connectivity index (χ0) is 17.4. The standard InChI is InChI=1S/C18H19FN4O2/c1-11-15(17(24)25-14-4-2-3-5-14)16(12-6-8-13(19)9-7-12)23-18(22-11)20-10-21-23/h6-10,14,16H,2-5H2,1H3,(H,20,21,22). The van der Waals surface area contributed by atoms with Crippen molar-refractivity contribution in [3.05, 3.63) is 53.2 Å². The van der Waals surface area contributed by atoms with Crippen LogP contribution in [0.5, 0.6) is 0 Å². The number of halogens is 1. The predicted octanol–water partition coefficient (Wildman–Crippen LogP) is 3.19. The Hall–Kier alpha value is -2.70. The molecule has 1 N–H and O–H groups in total. The Bertz CT molecular complexity index is 822. The number of fused-ring (bicyclic) bond motifs is 1. The first kappa shape index (κ1) is 15.8. The van der Waals surface area contributed by atoms with Gasteiger partial charge < -0.3 is 10.1 Å². The fourth-order valence-corrected chi connectivity index (χ4v) is 3.53. The van der Waals surface area contributed by atoms with Gasteiger partial charge in [-0.2, -0.15) is 10.1 Å². The fraction of sp³-hybridized carbons (Fsp3) is 0.389. The summed E-state index contributed by atoms with van der Waals surface area (Å²) in [4.78, 5) is 17.1. The van der Waals surface area contributed by atoms with E-state index >= 15 is 0 Å². The van der Waals surface area contributed by atoms with Crippen LogP contribution in [0.2, 0.25) is 0 Å². The van der Waals surface area contributed by atoms with E-state index in [1.165, 1.54) is 18.5 Å². The lowest BCUT2D eigenvalue weighted by Crippen LogP contribution is -2.31. The maximum Gasteiger partial charge on any atom is 0.338 e. The number of benzene rings is 1. The van der Waals surface area contributed by atoms with Crippen LogP contribution in [-0.4, -0.2) is 26.8 Å². The van der Waals surface area contributed by atoms with E-state index in [9.17, 15) is 9.18 Å². The first-order valence-electron chi connectivity index (χ1n) is 8.47. The molecule has 2 aromatic rings. The highest BCUT2D eigenvalue weighted by atomic mass is 19.1. The van der Waals surface area contributed by atoms with Crippen molar-refractivity contribution in [2.45, 2.75) is 44.8 Å². The van der Waals surface area contributed by atoms with Crippen LogP contribution in [0.1, 0.15) is 44.2 Å². The summed E-state index contributed by atoms with van der Waals surface area (Å²) in [5.41, 5.74) is 1.92. The van der Waals surface area contributed by atoms with Crippen LogP contribution >= 0.6 is 0 Å². The Morgan fingerprint density at radius 3 is 2.72 bits per heavy atom. The number of rotatable bonds is 3. The van der Waals surface area contributed by atoms with Crippen molar-refractivity contribution in [1.29, 1.82) is 0 Å². The van der Waals surface area contributed by atoms with E-state index in [-0.39, 0.29) is 17.9 Å². The second kappa shape index (κ2) is 6.31. The molecule has 1 atom stereocenters. The van der Waals surface area contributed by atoms with E-state index in [0.717, 1.165) is 31.2 Å². The minimum absolute atomic E-state index is 0.0289. The van der Waals surface area contributed by atoms with Crippen LogP contribution < -0.4 is 5.32 Å². The molecule has 130 valence electrons. The van der Waals surface area contributed by atoms with Gasteiger partial charge in [0.25, 0.3) is 0 Å². The minimum atomic E-state index is -0.492. The lowest BCUT2D eigenvalue weighted by molar-refractivity contribution is -0.144. The molecule has 2 aliphatic rings.